The lowest BCUT2D eigenvalue weighted by Gasteiger charge is -2.29. The summed E-state index contributed by atoms with van der Waals surface area (Å²) < 4.78 is 0. The molecule has 0 saturated carbocycles. The highest BCUT2D eigenvalue weighted by atomic mass is 79.9. The molecule has 0 aliphatic carbocycles. The highest BCUT2D eigenvalue weighted by Gasteiger charge is 2.31. The zero-order valence-electron chi connectivity index (χ0n) is 10.7. The first-order valence-corrected chi connectivity index (χ1v) is 7.75. The Morgan fingerprint density at radius 3 is 2.50 bits per heavy atom. The van der Waals surface area contributed by atoms with Crippen molar-refractivity contribution in [3.8, 4) is 0 Å². The Kier molecular flexibility index (Phi) is 4.31. The fourth-order valence-corrected chi connectivity index (χ4v) is 3.19. The molecule has 0 bridgehead atoms. The Morgan fingerprint density at radius 2 is 1.88 bits per heavy atom. The van der Waals surface area contributed by atoms with Gasteiger partial charge < -0.3 is 4.90 Å². The van der Waals surface area contributed by atoms with Gasteiger partial charge in [-0.05, 0) is 44.3 Å². The third-order valence-electron chi connectivity index (χ3n) is 3.92. The molecule has 0 N–H and O–H groups in total. The number of alkyl halides is 1. The average Bonchev–Trinajstić information content (AvgIpc) is 2.86. The van der Waals surface area contributed by atoms with E-state index in [-0.39, 0.29) is 0 Å². The second-order valence-electron chi connectivity index (χ2n) is 6.22. The van der Waals surface area contributed by atoms with Gasteiger partial charge in [-0.15, -0.1) is 0 Å². The van der Waals surface area contributed by atoms with Crippen molar-refractivity contribution >= 4 is 15.9 Å². The molecule has 0 aromatic rings. The maximum atomic E-state index is 3.62. The van der Waals surface area contributed by atoms with Crippen LogP contribution in [0.1, 0.15) is 33.1 Å². The summed E-state index contributed by atoms with van der Waals surface area (Å²) in [4.78, 5) is 5.37. The van der Waals surface area contributed by atoms with Gasteiger partial charge >= 0.3 is 0 Å². The summed E-state index contributed by atoms with van der Waals surface area (Å²) >= 11 is 3.62. The van der Waals surface area contributed by atoms with E-state index in [4.69, 9.17) is 0 Å². The molecule has 0 aromatic heterocycles. The number of rotatable bonds is 4. The van der Waals surface area contributed by atoms with Crippen LogP contribution in [0.5, 0.6) is 0 Å². The molecule has 0 amide bonds. The molecule has 0 radical (unpaired) electrons. The first kappa shape index (κ1) is 12.8. The molecule has 2 saturated heterocycles. The van der Waals surface area contributed by atoms with Crippen LogP contribution >= 0.6 is 15.9 Å². The summed E-state index contributed by atoms with van der Waals surface area (Å²) in [5.74, 6) is 0. The highest BCUT2D eigenvalue weighted by Crippen LogP contribution is 2.25. The molecule has 2 nitrogen and oxygen atoms in total. The lowest BCUT2D eigenvalue weighted by Crippen LogP contribution is -2.38. The molecule has 2 heterocycles. The van der Waals surface area contributed by atoms with Gasteiger partial charge in [-0.3, -0.25) is 4.90 Å². The van der Waals surface area contributed by atoms with E-state index in [0.717, 1.165) is 11.4 Å². The Labute approximate surface area is 108 Å². The lowest BCUT2D eigenvalue weighted by molar-refractivity contribution is 0.198. The van der Waals surface area contributed by atoms with E-state index < -0.39 is 0 Å². The van der Waals surface area contributed by atoms with E-state index in [0.29, 0.717) is 5.41 Å². The van der Waals surface area contributed by atoms with Gasteiger partial charge in [0.05, 0.1) is 0 Å². The van der Waals surface area contributed by atoms with Gasteiger partial charge in [0.15, 0.2) is 0 Å². The van der Waals surface area contributed by atoms with E-state index in [1.54, 1.807) is 0 Å². The Balaban J connectivity index is 1.79. The summed E-state index contributed by atoms with van der Waals surface area (Å²) in [6.45, 7) is 11.2. The quantitative estimate of drug-likeness (QED) is 0.734. The Hall–Kier alpha value is 0.400. The molecule has 3 heteroatoms. The Bertz CT molecular complexity index is 224. The minimum absolute atomic E-state index is 0.417. The van der Waals surface area contributed by atoms with E-state index in [2.05, 4.69) is 39.6 Å². The smallest absolute Gasteiger partial charge is 0.0235 e. The van der Waals surface area contributed by atoms with Gasteiger partial charge in [-0.1, -0.05) is 29.8 Å². The second kappa shape index (κ2) is 5.36. The van der Waals surface area contributed by atoms with E-state index in [1.165, 1.54) is 52.0 Å². The topological polar surface area (TPSA) is 6.48 Å². The van der Waals surface area contributed by atoms with Crippen molar-refractivity contribution in [1.29, 1.82) is 0 Å². The number of hydrogen-bond acceptors (Lipinski definition) is 2. The van der Waals surface area contributed by atoms with Crippen LogP contribution in [-0.4, -0.2) is 53.9 Å². The van der Waals surface area contributed by atoms with E-state index in [1.807, 2.05) is 0 Å². The SMILES string of the molecule is CC(C)(CBr)CN1CCC(N2CCCC2)C1. The van der Waals surface area contributed by atoms with Gasteiger partial charge in [0.1, 0.15) is 0 Å². The van der Waals surface area contributed by atoms with Gasteiger partial charge in [-0.25, -0.2) is 0 Å². The normalized spacial score (nSPS) is 29.1. The maximum absolute atomic E-state index is 3.62. The molecule has 0 aromatic carbocycles. The van der Waals surface area contributed by atoms with Crippen LogP contribution in [0.4, 0.5) is 0 Å². The van der Waals surface area contributed by atoms with Crippen molar-refractivity contribution in [2.45, 2.75) is 39.2 Å². The number of likely N-dealkylation sites (tertiary alicyclic amines) is 2. The van der Waals surface area contributed by atoms with Gasteiger partial charge in [0.25, 0.3) is 0 Å². The predicted octanol–water partition coefficient (Wildman–Crippen LogP) is 2.58. The molecule has 0 spiro atoms. The van der Waals surface area contributed by atoms with Crippen molar-refractivity contribution in [3.05, 3.63) is 0 Å². The third-order valence-corrected chi connectivity index (χ3v) is 5.44. The minimum atomic E-state index is 0.417. The molecule has 1 unspecified atom stereocenters. The highest BCUT2D eigenvalue weighted by molar-refractivity contribution is 9.09. The van der Waals surface area contributed by atoms with Crippen LogP contribution in [0.15, 0.2) is 0 Å². The lowest BCUT2D eigenvalue weighted by atomic mass is 9.96. The first-order valence-electron chi connectivity index (χ1n) is 6.63. The van der Waals surface area contributed by atoms with E-state index >= 15 is 0 Å². The average molecular weight is 289 g/mol. The van der Waals surface area contributed by atoms with Crippen LogP contribution in [-0.2, 0) is 0 Å². The van der Waals surface area contributed by atoms with Crippen molar-refractivity contribution in [2.24, 2.45) is 5.41 Å². The first-order chi connectivity index (χ1) is 7.61. The predicted molar refractivity (Wildman–Crippen MR) is 73.2 cm³/mol. The largest absolute Gasteiger partial charge is 0.301 e. The minimum Gasteiger partial charge on any atom is -0.301 e. The van der Waals surface area contributed by atoms with Crippen molar-refractivity contribution in [1.82, 2.24) is 9.80 Å². The van der Waals surface area contributed by atoms with Gasteiger partial charge in [0, 0.05) is 24.5 Å². The molecule has 1 atom stereocenters. The van der Waals surface area contributed by atoms with E-state index in [9.17, 15) is 0 Å². The molecule has 2 aliphatic heterocycles. The van der Waals surface area contributed by atoms with Crippen LogP contribution in [0.2, 0.25) is 0 Å². The van der Waals surface area contributed by atoms with Gasteiger partial charge in [0.2, 0.25) is 0 Å². The van der Waals surface area contributed by atoms with Crippen molar-refractivity contribution in [3.63, 3.8) is 0 Å². The number of nitrogens with zero attached hydrogens (tertiary/aromatic N) is 2. The standard InChI is InChI=1S/C13H25BrN2/c1-13(2,10-14)11-15-8-5-12(9-15)16-6-3-4-7-16/h12H,3-11H2,1-2H3. The summed E-state index contributed by atoms with van der Waals surface area (Å²) in [5.41, 5.74) is 0.417. The fourth-order valence-electron chi connectivity index (χ4n) is 3.01. The monoisotopic (exact) mass is 288 g/mol. The molecule has 16 heavy (non-hydrogen) atoms. The summed E-state index contributed by atoms with van der Waals surface area (Å²) in [6.07, 6.45) is 4.23. The fraction of sp³-hybridized carbons (Fsp3) is 1.00. The molecular formula is C13H25BrN2. The van der Waals surface area contributed by atoms with Gasteiger partial charge in [-0.2, -0.15) is 0 Å². The van der Waals surface area contributed by atoms with Crippen LogP contribution in [0.3, 0.4) is 0 Å². The molecule has 94 valence electrons. The molecule has 2 fully saturated rings. The van der Waals surface area contributed by atoms with Crippen LogP contribution in [0, 0.1) is 5.41 Å². The molecule has 2 rings (SSSR count). The molecule has 2 aliphatic rings. The Morgan fingerprint density at radius 1 is 1.19 bits per heavy atom. The number of halogens is 1. The third kappa shape index (κ3) is 3.21. The molecular weight excluding hydrogens is 264 g/mol. The number of hydrogen-bond donors (Lipinski definition) is 0. The van der Waals surface area contributed by atoms with Crippen molar-refractivity contribution in [2.75, 3.05) is 38.1 Å². The van der Waals surface area contributed by atoms with Crippen LogP contribution < -0.4 is 0 Å². The summed E-state index contributed by atoms with van der Waals surface area (Å²) in [6, 6.07) is 0.855. The second-order valence-corrected chi connectivity index (χ2v) is 6.78. The summed E-state index contributed by atoms with van der Waals surface area (Å²) in [7, 11) is 0. The zero-order valence-corrected chi connectivity index (χ0v) is 12.3. The maximum Gasteiger partial charge on any atom is 0.0235 e. The van der Waals surface area contributed by atoms with Crippen molar-refractivity contribution < 1.29 is 0 Å². The summed E-state index contributed by atoms with van der Waals surface area (Å²) in [5, 5.41) is 1.10. The zero-order chi connectivity index (χ0) is 11.6. The van der Waals surface area contributed by atoms with Crippen LogP contribution in [0.25, 0.3) is 0 Å².